The summed E-state index contributed by atoms with van der Waals surface area (Å²) in [5.41, 5.74) is 0.597. The molecule has 0 radical (unpaired) electrons. The average molecular weight is 300 g/mol. The quantitative estimate of drug-likeness (QED) is 0.655. The first-order chi connectivity index (χ1) is 10.5. The van der Waals surface area contributed by atoms with E-state index in [4.69, 9.17) is 9.47 Å². The summed E-state index contributed by atoms with van der Waals surface area (Å²) in [7, 11) is 2.96. The molecule has 2 aromatic rings. The zero-order chi connectivity index (χ0) is 16.1. The highest BCUT2D eigenvalue weighted by Crippen LogP contribution is 2.33. The van der Waals surface area contributed by atoms with E-state index in [0.29, 0.717) is 5.75 Å². The summed E-state index contributed by atoms with van der Waals surface area (Å²) in [6.45, 7) is 0. The van der Waals surface area contributed by atoms with Crippen molar-refractivity contribution in [1.82, 2.24) is 0 Å². The van der Waals surface area contributed by atoms with E-state index in [2.05, 4.69) is 0 Å². The van der Waals surface area contributed by atoms with Gasteiger partial charge in [0.05, 0.1) is 14.2 Å². The van der Waals surface area contributed by atoms with Crippen LogP contribution >= 0.6 is 0 Å². The first-order valence-corrected chi connectivity index (χ1v) is 6.51. The second-order valence-electron chi connectivity index (χ2n) is 4.51. The Labute approximate surface area is 128 Å². The molecule has 0 aliphatic carbocycles. The van der Waals surface area contributed by atoms with Crippen LogP contribution in [0.15, 0.2) is 42.5 Å². The SMILES string of the molecule is COc1cccc(C=CC(=O)c2c(O)cc(OC)cc2O)c1. The summed E-state index contributed by atoms with van der Waals surface area (Å²) in [6, 6.07) is 9.70. The number of rotatable bonds is 5. The fraction of sp³-hybridized carbons (Fsp3) is 0.118. The number of aromatic hydroxyl groups is 2. The Morgan fingerprint density at radius 2 is 1.64 bits per heavy atom. The van der Waals surface area contributed by atoms with Crippen LogP contribution in [0.3, 0.4) is 0 Å². The van der Waals surface area contributed by atoms with E-state index in [0.717, 1.165) is 5.56 Å². The molecule has 0 heterocycles. The van der Waals surface area contributed by atoms with Gasteiger partial charge in [0, 0.05) is 12.1 Å². The lowest BCUT2D eigenvalue weighted by atomic mass is 10.1. The Hall–Kier alpha value is -2.95. The van der Waals surface area contributed by atoms with Gasteiger partial charge in [0.25, 0.3) is 0 Å². The molecule has 5 heteroatoms. The number of methoxy groups -OCH3 is 2. The monoisotopic (exact) mass is 300 g/mol. The van der Waals surface area contributed by atoms with Gasteiger partial charge in [0.15, 0.2) is 5.78 Å². The van der Waals surface area contributed by atoms with Crippen LogP contribution in [0.1, 0.15) is 15.9 Å². The van der Waals surface area contributed by atoms with Crippen molar-refractivity contribution in [3.8, 4) is 23.0 Å². The Kier molecular flexibility index (Phi) is 4.68. The third kappa shape index (κ3) is 3.38. The van der Waals surface area contributed by atoms with Gasteiger partial charge in [-0.2, -0.15) is 0 Å². The van der Waals surface area contributed by atoms with Gasteiger partial charge in [-0.05, 0) is 23.8 Å². The number of carbonyl (C=O) groups is 1. The second-order valence-corrected chi connectivity index (χ2v) is 4.51. The summed E-state index contributed by atoms with van der Waals surface area (Å²) in [6.07, 6.45) is 2.85. The average Bonchev–Trinajstić information content (AvgIpc) is 2.52. The van der Waals surface area contributed by atoms with Crippen molar-refractivity contribution in [2.75, 3.05) is 14.2 Å². The molecule has 114 valence electrons. The molecule has 2 rings (SSSR count). The fourth-order valence-electron chi connectivity index (χ4n) is 1.96. The number of ketones is 1. The third-order valence-electron chi connectivity index (χ3n) is 3.07. The predicted molar refractivity (Wildman–Crippen MR) is 82.7 cm³/mol. The number of ether oxygens (including phenoxy) is 2. The number of allylic oxidation sites excluding steroid dienone is 1. The van der Waals surface area contributed by atoms with E-state index in [1.54, 1.807) is 37.5 Å². The molecule has 0 atom stereocenters. The summed E-state index contributed by atoms with van der Waals surface area (Å²) in [5.74, 6) is -0.247. The summed E-state index contributed by atoms with van der Waals surface area (Å²) in [4.78, 5) is 12.1. The summed E-state index contributed by atoms with van der Waals surface area (Å²) < 4.78 is 10.00. The van der Waals surface area contributed by atoms with Crippen molar-refractivity contribution in [3.05, 3.63) is 53.6 Å². The normalized spacial score (nSPS) is 10.6. The van der Waals surface area contributed by atoms with Gasteiger partial charge < -0.3 is 19.7 Å². The standard InChI is InChI=1S/C17H16O5/c1-21-12-5-3-4-11(8-12)6-7-14(18)17-15(19)9-13(22-2)10-16(17)20/h3-10,19-20H,1-2H3. The van der Waals surface area contributed by atoms with Gasteiger partial charge in [-0.3, -0.25) is 4.79 Å². The molecule has 2 aromatic carbocycles. The van der Waals surface area contributed by atoms with Gasteiger partial charge in [-0.1, -0.05) is 18.2 Å². The maximum atomic E-state index is 12.1. The van der Waals surface area contributed by atoms with Crippen LogP contribution in [0.2, 0.25) is 0 Å². The highest BCUT2D eigenvalue weighted by molar-refractivity contribution is 6.10. The van der Waals surface area contributed by atoms with E-state index in [1.807, 2.05) is 0 Å². The second kappa shape index (κ2) is 6.67. The lowest BCUT2D eigenvalue weighted by molar-refractivity contribution is 0.104. The molecule has 0 saturated carbocycles. The van der Waals surface area contributed by atoms with E-state index >= 15 is 0 Å². The minimum Gasteiger partial charge on any atom is -0.507 e. The van der Waals surface area contributed by atoms with Crippen LogP contribution < -0.4 is 9.47 Å². The number of carbonyl (C=O) groups excluding carboxylic acids is 1. The smallest absolute Gasteiger partial charge is 0.193 e. The summed E-state index contributed by atoms with van der Waals surface area (Å²) >= 11 is 0. The molecule has 5 nitrogen and oxygen atoms in total. The number of benzene rings is 2. The first kappa shape index (κ1) is 15.4. The number of phenols is 2. The highest BCUT2D eigenvalue weighted by Gasteiger charge is 2.15. The molecule has 0 spiro atoms. The van der Waals surface area contributed by atoms with Crippen molar-refractivity contribution >= 4 is 11.9 Å². The van der Waals surface area contributed by atoms with Crippen molar-refractivity contribution < 1.29 is 24.5 Å². The van der Waals surface area contributed by atoms with Crippen LogP contribution in [0.25, 0.3) is 6.08 Å². The largest absolute Gasteiger partial charge is 0.507 e. The van der Waals surface area contributed by atoms with E-state index in [1.165, 1.54) is 25.3 Å². The molecule has 0 aromatic heterocycles. The summed E-state index contributed by atoms with van der Waals surface area (Å²) in [5, 5.41) is 19.7. The van der Waals surface area contributed by atoms with Gasteiger partial charge in [0.2, 0.25) is 0 Å². The molecule has 0 unspecified atom stereocenters. The minimum atomic E-state index is -0.513. The molecule has 0 amide bonds. The maximum absolute atomic E-state index is 12.1. The van der Waals surface area contributed by atoms with E-state index in [-0.39, 0.29) is 22.8 Å². The molecular weight excluding hydrogens is 284 g/mol. The van der Waals surface area contributed by atoms with Crippen LogP contribution in [-0.2, 0) is 0 Å². The molecule has 0 aliphatic rings. The van der Waals surface area contributed by atoms with Gasteiger partial charge in [0.1, 0.15) is 28.6 Å². The highest BCUT2D eigenvalue weighted by atomic mass is 16.5. The van der Waals surface area contributed by atoms with Gasteiger partial charge in [-0.15, -0.1) is 0 Å². The number of phenolic OH excluding ortho intramolecular Hbond substituents is 2. The van der Waals surface area contributed by atoms with Crippen LogP contribution in [0.4, 0.5) is 0 Å². The Morgan fingerprint density at radius 3 is 2.23 bits per heavy atom. The zero-order valence-corrected chi connectivity index (χ0v) is 12.2. The van der Waals surface area contributed by atoms with E-state index < -0.39 is 5.78 Å². The Bertz CT molecular complexity index is 696. The molecule has 0 saturated heterocycles. The third-order valence-corrected chi connectivity index (χ3v) is 3.07. The zero-order valence-electron chi connectivity index (χ0n) is 12.2. The molecule has 0 aliphatic heterocycles. The lowest BCUT2D eigenvalue weighted by Crippen LogP contribution is -1.97. The van der Waals surface area contributed by atoms with Crippen molar-refractivity contribution in [1.29, 1.82) is 0 Å². The minimum absolute atomic E-state index is 0.167. The van der Waals surface area contributed by atoms with E-state index in [9.17, 15) is 15.0 Å². The molecule has 0 fully saturated rings. The number of hydrogen-bond acceptors (Lipinski definition) is 5. The Morgan fingerprint density at radius 1 is 1.00 bits per heavy atom. The number of hydrogen-bond donors (Lipinski definition) is 2. The van der Waals surface area contributed by atoms with Crippen molar-refractivity contribution in [3.63, 3.8) is 0 Å². The molecular formula is C17H16O5. The van der Waals surface area contributed by atoms with Crippen LogP contribution in [0.5, 0.6) is 23.0 Å². The van der Waals surface area contributed by atoms with Gasteiger partial charge >= 0.3 is 0 Å². The van der Waals surface area contributed by atoms with Crippen molar-refractivity contribution in [2.24, 2.45) is 0 Å². The molecule has 0 bridgehead atoms. The first-order valence-electron chi connectivity index (χ1n) is 6.51. The molecule has 2 N–H and O–H groups in total. The van der Waals surface area contributed by atoms with Crippen molar-refractivity contribution in [2.45, 2.75) is 0 Å². The van der Waals surface area contributed by atoms with Crippen LogP contribution in [0, 0.1) is 0 Å². The predicted octanol–water partition coefficient (Wildman–Crippen LogP) is 3.01. The maximum Gasteiger partial charge on any atom is 0.193 e. The lowest BCUT2D eigenvalue weighted by Gasteiger charge is -2.07. The van der Waals surface area contributed by atoms with Gasteiger partial charge in [-0.25, -0.2) is 0 Å². The Balaban J connectivity index is 2.27. The van der Waals surface area contributed by atoms with Crippen LogP contribution in [-0.4, -0.2) is 30.2 Å². The molecule has 22 heavy (non-hydrogen) atoms. The fourth-order valence-corrected chi connectivity index (χ4v) is 1.96. The topological polar surface area (TPSA) is 76.0 Å².